The molecule has 0 spiro atoms. The number of carboxylic acids is 1. The average Bonchev–Trinajstić information content (AvgIpc) is 2.41. The van der Waals surface area contributed by atoms with Gasteiger partial charge in [0.15, 0.2) is 5.78 Å². The standard InChI is InChI=1S/C15H11FO3/c1-9-6-7-10(8-13(9)16)14(17)11-4-2-3-5-12(11)15(18)19/h2-8H,1H3,(H,18,19). The summed E-state index contributed by atoms with van der Waals surface area (Å²) in [7, 11) is 0. The Labute approximate surface area is 109 Å². The molecule has 0 bridgehead atoms. The molecule has 0 heterocycles. The van der Waals surface area contributed by atoms with Gasteiger partial charge in [0.05, 0.1) is 5.56 Å². The summed E-state index contributed by atoms with van der Waals surface area (Å²) in [5.41, 5.74) is 0.534. The minimum atomic E-state index is -1.18. The van der Waals surface area contributed by atoms with Crippen molar-refractivity contribution in [3.05, 3.63) is 70.5 Å². The van der Waals surface area contributed by atoms with Crippen LogP contribution in [0.5, 0.6) is 0 Å². The number of ketones is 1. The molecular formula is C15H11FO3. The molecular weight excluding hydrogens is 247 g/mol. The normalized spacial score (nSPS) is 10.2. The van der Waals surface area contributed by atoms with Crippen LogP contribution in [0.3, 0.4) is 0 Å². The van der Waals surface area contributed by atoms with Gasteiger partial charge in [0.1, 0.15) is 5.82 Å². The highest BCUT2D eigenvalue weighted by Gasteiger charge is 2.17. The highest BCUT2D eigenvalue weighted by atomic mass is 19.1. The first-order chi connectivity index (χ1) is 9.00. The Kier molecular flexibility index (Phi) is 3.42. The minimum absolute atomic E-state index is 0.0539. The molecule has 0 radical (unpaired) electrons. The van der Waals surface area contributed by atoms with Crippen molar-refractivity contribution in [3.8, 4) is 0 Å². The third kappa shape index (κ3) is 2.52. The second-order valence-electron chi connectivity index (χ2n) is 4.14. The zero-order valence-corrected chi connectivity index (χ0v) is 10.2. The maximum atomic E-state index is 13.4. The van der Waals surface area contributed by atoms with Gasteiger partial charge in [-0.2, -0.15) is 0 Å². The van der Waals surface area contributed by atoms with E-state index in [1.165, 1.54) is 30.3 Å². The average molecular weight is 258 g/mol. The number of halogens is 1. The van der Waals surface area contributed by atoms with Crippen LogP contribution in [0, 0.1) is 12.7 Å². The monoisotopic (exact) mass is 258 g/mol. The zero-order chi connectivity index (χ0) is 14.0. The molecule has 0 fully saturated rings. The maximum Gasteiger partial charge on any atom is 0.336 e. The summed E-state index contributed by atoms with van der Waals surface area (Å²) in [4.78, 5) is 23.3. The first kappa shape index (κ1) is 13.0. The van der Waals surface area contributed by atoms with Gasteiger partial charge in [0.25, 0.3) is 0 Å². The molecule has 2 aromatic rings. The lowest BCUT2D eigenvalue weighted by Crippen LogP contribution is -2.09. The number of aromatic carboxylic acids is 1. The smallest absolute Gasteiger partial charge is 0.336 e. The van der Waals surface area contributed by atoms with Gasteiger partial charge in [-0.3, -0.25) is 4.79 Å². The second-order valence-corrected chi connectivity index (χ2v) is 4.14. The van der Waals surface area contributed by atoms with Gasteiger partial charge in [-0.25, -0.2) is 9.18 Å². The molecule has 0 atom stereocenters. The van der Waals surface area contributed by atoms with E-state index in [0.29, 0.717) is 5.56 Å². The number of carbonyl (C=O) groups is 2. The lowest BCUT2D eigenvalue weighted by Gasteiger charge is -2.06. The van der Waals surface area contributed by atoms with Crippen molar-refractivity contribution >= 4 is 11.8 Å². The van der Waals surface area contributed by atoms with Crippen LogP contribution in [0.4, 0.5) is 4.39 Å². The van der Waals surface area contributed by atoms with Crippen LogP contribution in [0.15, 0.2) is 42.5 Å². The number of carbonyl (C=O) groups excluding carboxylic acids is 1. The number of rotatable bonds is 3. The predicted octanol–water partition coefficient (Wildman–Crippen LogP) is 3.06. The summed E-state index contributed by atoms with van der Waals surface area (Å²) >= 11 is 0. The van der Waals surface area contributed by atoms with Crippen molar-refractivity contribution in [1.82, 2.24) is 0 Å². The molecule has 0 aliphatic carbocycles. The van der Waals surface area contributed by atoms with Crippen molar-refractivity contribution in [2.75, 3.05) is 0 Å². The number of carboxylic acid groups (broad SMARTS) is 1. The lowest BCUT2D eigenvalue weighted by atomic mass is 9.97. The fourth-order valence-electron chi connectivity index (χ4n) is 1.76. The second kappa shape index (κ2) is 5.02. The number of benzene rings is 2. The van der Waals surface area contributed by atoms with Crippen LogP contribution in [0.2, 0.25) is 0 Å². The van der Waals surface area contributed by atoms with E-state index in [2.05, 4.69) is 0 Å². The number of hydrogen-bond acceptors (Lipinski definition) is 2. The van der Waals surface area contributed by atoms with Crippen molar-refractivity contribution in [2.24, 2.45) is 0 Å². The van der Waals surface area contributed by atoms with Crippen molar-refractivity contribution < 1.29 is 19.1 Å². The summed E-state index contributed by atoms with van der Waals surface area (Å²) in [5, 5.41) is 9.03. The van der Waals surface area contributed by atoms with Gasteiger partial charge < -0.3 is 5.11 Å². The Bertz CT molecular complexity index is 662. The first-order valence-corrected chi connectivity index (χ1v) is 5.64. The predicted molar refractivity (Wildman–Crippen MR) is 68.0 cm³/mol. The Morgan fingerprint density at radius 2 is 1.68 bits per heavy atom. The zero-order valence-electron chi connectivity index (χ0n) is 10.2. The SMILES string of the molecule is Cc1ccc(C(=O)c2ccccc2C(=O)O)cc1F. The molecule has 0 saturated carbocycles. The van der Waals surface area contributed by atoms with Gasteiger partial charge in [-0.1, -0.05) is 30.3 Å². The van der Waals surface area contributed by atoms with Crippen LogP contribution in [0.25, 0.3) is 0 Å². The lowest BCUT2D eigenvalue weighted by molar-refractivity contribution is 0.0693. The molecule has 0 aliphatic rings. The molecule has 1 N–H and O–H groups in total. The molecule has 4 heteroatoms. The van der Waals surface area contributed by atoms with Crippen LogP contribution < -0.4 is 0 Å². The molecule has 2 aromatic carbocycles. The molecule has 0 aromatic heterocycles. The minimum Gasteiger partial charge on any atom is -0.478 e. The maximum absolute atomic E-state index is 13.4. The van der Waals surface area contributed by atoms with E-state index < -0.39 is 17.6 Å². The van der Waals surface area contributed by atoms with E-state index in [9.17, 15) is 14.0 Å². The summed E-state index contributed by atoms with van der Waals surface area (Å²) in [5.74, 6) is -2.17. The molecule has 19 heavy (non-hydrogen) atoms. The van der Waals surface area contributed by atoms with Gasteiger partial charge in [-0.15, -0.1) is 0 Å². The topological polar surface area (TPSA) is 54.4 Å². The van der Waals surface area contributed by atoms with E-state index in [1.54, 1.807) is 13.0 Å². The van der Waals surface area contributed by atoms with Gasteiger partial charge in [0.2, 0.25) is 0 Å². The Balaban J connectivity index is 2.50. The van der Waals surface area contributed by atoms with Gasteiger partial charge in [0, 0.05) is 11.1 Å². The van der Waals surface area contributed by atoms with E-state index in [4.69, 9.17) is 5.11 Å². The first-order valence-electron chi connectivity index (χ1n) is 5.64. The fourth-order valence-corrected chi connectivity index (χ4v) is 1.76. The molecule has 0 unspecified atom stereocenters. The summed E-state index contributed by atoms with van der Waals surface area (Å²) in [6.07, 6.45) is 0. The molecule has 0 saturated heterocycles. The van der Waals surface area contributed by atoms with E-state index in [-0.39, 0.29) is 16.7 Å². The quantitative estimate of drug-likeness (QED) is 0.861. The van der Waals surface area contributed by atoms with E-state index >= 15 is 0 Å². The highest BCUT2D eigenvalue weighted by Crippen LogP contribution is 2.17. The molecule has 3 nitrogen and oxygen atoms in total. The Morgan fingerprint density at radius 1 is 1.05 bits per heavy atom. The van der Waals surface area contributed by atoms with Crippen LogP contribution in [-0.2, 0) is 0 Å². The third-order valence-corrected chi connectivity index (χ3v) is 2.84. The summed E-state index contributed by atoms with van der Waals surface area (Å²) < 4.78 is 13.4. The highest BCUT2D eigenvalue weighted by molar-refractivity contribution is 6.14. The van der Waals surface area contributed by atoms with Crippen molar-refractivity contribution in [3.63, 3.8) is 0 Å². The summed E-state index contributed by atoms with van der Waals surface area (Å²) in [6, 6.07) is 9.98. The van der Waals surface area contributed by atoms with Gasteiger partial charge in [-0.05, 0) is 24.6 Å². The number of aryl methyl sites for hydroxylation is 1. The third-order valence-electron chi connectivity index (χ3n) is 2.84. The van der Waals surface area contributed by atoms with Crippen LogP contribution in [0.1, 0.15) is 31.8 Å². The molecule has 2 rings (SSSR count). The fraction of sp³-hybridized carbons (Fsp3) is 0.0667. The van der Waals surface area contributed by atoms with Crippen molar-refractivity contribution in [2.45, 2.75) is 6.92 Å². The van der Waals surface area contributed by atoms with E-state index in [1.807, 2.05) is 0 Å². The molecule has 0 aliphatic heterocycles. The molecule has 96 valence electrons. The Hall–Kier alpha value is -2.49. The van der Waals surface area contributed by atoms with Crippen LogP contribution >= 0.6 is 0 Å². The van der Waals surface area contributed by atoms with Gasteiger partial charge >= 0.3 is 5.97 Å². The van der Waals surface area contributed by atoms with E-state index in [0.717, 1.165) is 6.07 Å². The molecule has 0 amide bonds. The van der Waals surface area contributed by atoms with Crippen LogP contribution in [-0.4, -0.2) is 16.9 Å². The number of hydrogen-bond donors (Lipinski definition) is 1. The largest absolute Gasteiger partial charge is 0.478 e. The Morgan fingerprint density at radius 3 is 2.26 bits per heavy atom. The summed E-state index contributed by atoms with van der Waals surface area (Å²) in [6.45, 7) is 1.59. The van der Waals surface area contributed by atoms with Crippen molar-refractivity contribution in [1.29, 1.82) is 0 Å².